The zero-order chi connectivity index (χ0) is 15.7. The van der Waals surface area contributed by atoms with E-state index in [-0.39, 0.29) is 17.6 Å². The quantitative estimate of drug-likeness (QED) is 0.887. The van der Waals surface area contributed by atoms with E-state index in [0.29, 0.717) is 22.5 Å². The van der Waals surface area contributed by atoms with Gasteiger partial charge in [-0.3, -0.25) is 4.79 Å². The second-order valence-corrected chi connectivity index (χ2v) is 6.90. The van der Waals surface area contributed by atoms with Gasteiger partial charge in [0.05, 0.1) is 0 Å². The highest BCUT2D eigenvalue weighted by molar-refractivity contribution is 6.36. The van der Waals surface area contributed by atoms with Gasteiger partial charge in [-0.15, -0.1) is 0 Å². The second-order valence-electron chi connectivity index (χ2n) is 6.09. The van der Waals surface area contributed by atoms with Crippen molar-refractivity contribution in [2.24, 2.45) is 5.92 Å². The summed E-state index contributed by atoms with van der Waals surface area (Å²) in [6.07, 6.45) is 3.44. The van der Waals surface area contributed by atoms with Gasteiger partial charge in [0.1, 0.15) is 5.75 Å². The highest BCUT2D eigenvalue weighted by Crippen LogP contribution is 2.34. The van der Waals surface area contributed by atoms with Gasteiger partial charge < -0.3 is 15.3 Å². The Balaban J connectivity index is 1.71. The van der Waals surface area contributed by atoms with Gasteiger partial charge in [0.15, 0.2) is 0 Å². The van der Waals surface area contributed by atoms with Gasteiger partial charge in [-0.05, 0) is 56.5 Å². The Bertz CT molecular complexity index is 550. The first-order valence-electron chi connectivity index (χ1n) is 7.74. The van der Waals surface area contributed by atoms with E-state index in [1.807, 2.05) is 4.90 Å². The van der Waals surface area contributed by atoms with Gasteiger partial charge >= 0.3 is 0 Å². The molecule has 0 saturated carbocycles. The van der Waals surface area contributed by atoms with Gasteiger partial charge in [0.2, 0.25) is 5.91 Å². The molecule has 1 atom stereocenters. The molecule has 2 aliphatic rings. The summed E-state index contributed by atoms with van der Waals surface area (Å²) >= 11 is 12.3. The molecule has 2 fully saturated rings. The third-order valence-electron chi connectivity index (χ3n) is 4.68. The van der Waals surface area contributed by atoms with Crippen molar-refractivity contribution in [1.29, 1.82) is 0 Å². The van der Waals surface area contributed by atoms with Gasteiger partial charge in [-0.25, -0.2) is 0 Å². The largest absolute Gasteiger partial charge is 0.508 e. The zero-order valence-electron chi connectivity index (χ0n) is 12.3. The lowest BCUT2D eigenvalue weighted by Crippen LogP contribution is -2.44. The Morgan fingerprint density at radius 1 is 1.18 bits per heavy atom. The van der Waals surface area contributed by atoms with Crippen molar-refractivity contribution in [3.63, 3.8) is 0 Å². The van der Waals surface area contributed by atoms with E-state index in [1.54, 1.807) is 0 Å². The summed E-state index contributed by atoms with van der Waals surface area (Å²) in [5.41, 5.74) is 0.756. The van der Waals surface area contributed by atoms with Crippen LogP contribution in [0.15, 0.2) is 12.1 Å². The maximum absolute atomic E-state index is 12.7. The number of amides is 1. The van der Waals surface area contributed by atoms with E-state index in [1.165, 1.54) is 12.1 Å². The summed E-state index contributed by atoms with van der Waals surface area (Å²) in [6.45, 7) is 2.78. The van der Waals surface area contributed by atoms with E-state index < -0.39 is 0 Å². The fourth-order valence-electron chi connectivity index (χ4n) is 3.46. The fourth-order valence-corrected chi connectivity index (χ4v) is 4.09. The van der Waals surface area contributed by atoms with Crippen molar-refractivity contribution in [1.82, 2.24) is 10.2 Å². The minimum absolute atomic E-state index is 0.0489. The van der Waals surface area contributed by atoms with Crippen LogP contribution in [-0.4, -0.2) is 41.6 Å². The molecule has 0 bridgehead atoms. The molecule has 6 heteroatoms. The molecular formula is C16H20Cl2N2O2. The summed E-state index contributed by atoms with van der Waals surface area (Å²) in [4.78, 5) is 14.7. The van der Waals surface area contributed by atoms with Crippen LogP contribution in [0.25, 0.3) is 0 Å². The van der Waals surface area contributed by atoms with Crippen LogP contribution in [0.3, 0.4) is 0 Å². The molecule has 0 aliphatic carbocycles. The highest BCUT2D eigenvalue weighted by atomic mass is 35.5. The third kappa shape index (κ3) is 3.19. The van der Waals surface area contributed by atoms with Crippen molar-refractivity contribution < 1.29 is 9.90 Å². The molecule has 0 spiro atoms. The molecule has 1 amide bonds. The maximum Gasteiger partial charge on any atom is 0.226 e. The summed E-state index contributed by atoms with van der Waals surface area (Å²) in [5, 5.41) is 13.7. The standard InChI is InChI=1S/C16H20Cl2N2O2/c17-14-8-12(21)9-15(18)13(14)7-10-3-6-20(16(10)22)11-1-4-19-5-2-11/h8-11,19,21H,1-7H2/t10-/m0/s1. The number of hydrogen-bond donors (Lipinski definition) is 2. The Morgan fingerprint density at radius 2 is 1.82 bits per heavy atom. The number of aromatic hydroxyl groups is 1. The summed E-state index contributed by atoms with van der Waals surface area (Å²) in [7, 11) is 0. The van der Waals surface area contributed by atoms with Crippen LogP contribution < -0.4 is 5.32 Å². The van der Waals surface area contributed by atoms with E-state index in [9.17, 15) is 9.90 Å². The Kier molecular flexibility index (Phi) is 4.81. The van der Waals surface area contributed by atoms with E-state index in [4.69, 9.17) is 23.2 Å². The minimum atomic E-state index is -0.0607. The fraction of sp³-hybridized carbons (Fsp3) is 0.562. The van der Waals surface area contributed by atoms with Gasteiger partial charge in [-0.2, -0.15) is 0 Å². The minimum Gasteiger partial charge on any atom is -0.508 e. The number of carbonyl (C=O) groups excluding carboxylic acids is 1. The molecule has 1 aromatic carbocycles. The Hall–Kier alpha value is -0.970. The third-order valence-corrected chi connectivity index (χ3v) is 5.35. The molecule has 2 aliphatic heterocycles. The molecule has 0 radical (unpaired) electrons. The van der Waals surface area contributed by atoms with Crippen molar-refractivity contribution in [3.05, 3.63) is 27.7 Å². The lowest BCUT2D eigenvalue weighted by atomic mass is 9.97. The lowest BCUT2D eigenvalue weighted by Gasteiger charge is -2.31. The average Bonchev–Trinajstić information content (AvgIpc) is 2.85. The number of carbonyl (C=O) groups is 1. The SMILES string of the molecule is O=C1[C@H](Cc2c(Cl)cc(O)cc2Cl)CCN1C1CCNCC1. The first-order chi connectivity index (χ1) is 10.6. The van der Waals surface area contributed by atoms with E-state index >= 15 is 0 Å². The van der Waals surface area contributed by atoms with Crippen molar-refractivity contribution in [2.45, 2.75) is 31.7 Å². The van der Waals surface area contributed by atoms with Crippen LogP contribution in [0.1, 0.15) is 24.8 Å². The number of hydrogen-bond acceptors (Lipinski definition) is 3. The lowest BCUT2D eigenvalue weighted by molar-refractivity contribution is -0.133. The van der Waals surface area contributed by atoms with E-state index in [2.05, 4.69) is 5.32 Å². The summed E-state index contributed by atoms with van der Waals surface area (Å²) in [5.74, 6) is 0.203. The highest BCUT2D eigenvalue weighted by Gasteiger charge is 2.36. The molecule has 22 heavy (non-hydrogen) atoms. The average molecular weight is 343 g/mol. The van der Waals surface area contributed by atoms with Crippen LogP contribution in [0.5, 0.6) is 5.75 Å². The van der Waals surface area contributed by atoms with Crippen molar-refractivity contribution in [3.8, 4) is 5.75 Å². The number of likely N-dealkylation sites (tertiary alicyclic amines) is 1. The molecule has 0 unspecified atom stereocenters. The topological polar surface area (TPSA) is 52.6 Å². The van der Waals surface area contributed by atoms with Crippen LogP contribution in [0, 0.1) is 5.92 Å². The second kappa shape index (κ2) is 6.65. The van der Waals surface area contributed by atoms with Gasteiger partial charge in [0.25, 0.3) is 0 Å². The predicted octanol–water partition coefficient (Wildman–Crippen LogP) is 2.84. The van der Waals surface area contributed by atoms with Gasteiger partial charge in [0, 0.05) is 28.5 Å². The molecule has 1 aromatic rings. The van der Waals surface area contributed by atoms with Crippen molar-refractivity contribution >= 4 is 29.1 Å². The predicted molar refractivity (Wildman–Crippen MR) is 87.5 cm³/mol. The molecule has 2 N–H and O–H groups in total. The van der Waals surface area contributed by atoms with E-state index in [0.717, 1.165) is 44.5 Å². The number of phenols is 1. The number of phenolic OH excluding ortho intramolecular Hbond substituents is 1. The number of halogens is 2. The van der Waals surface area contributed by atoms with Crippen LogP contribution >= 0.6 is 23.2 Å². The first kappa shape index (κ1) is 15.9. The molecule has 2 heterocycles. The summed E-state index contributed by atoms with van der Waals surface area (Å²) < 4.78 is 0. The van der Waals surface area contributed by atoms with Crippen LogP contribution in [0.4, 0.5) is 0 Å². The number of benzene rings is 1. The van der Waals surface area contributed by atoms with Crippen LogP contribution in [-0.2, 0) is 11.2 Å². The normalized spacial score (nSPS) is 23.3. The number of nitrogens with zero attached hydrogens (tertiary/aromatic N) is 1. The first-order valence-corrected chi connectivity index (χ1v) is 8.50. The zero-order valence-corrected chi connectivity index (χ0v) is 13.8. The summed E-state index contributed by atoms with van der Waals surface area (Å²) in [6, 6.07) is 3.32. The number of piperidine rings is 1. The smallest absolute Gasteiger partial charge is 0.226 e. The Morgan fingerprint density at radius 3 is 2.45 bits per heavy atom. The molecule has 3 rings (SSSR count). The molecule has 0 aromatic heterocycles. The number of nitrogens with one attached hydrogen (secondary N) is 1. The van der Waals surface area contributed by atoms with Crippen LogP contribution in [0.2, 0.25) is 10.0 Å². The number of rotatable bonds is 3. The van der Waals surface area contributed by atoms with Crippen molar-refractivity contribution in [2.75, 3.05) is 19.6 Å². The monoisotopic (exact) mass is 342 g/mol. The molecular weight excluding hydrogens is 323 g/mol. The molecule has 4 nitrogen and oxygen atoms in total. The molecule has 120 valence electrons. The maximum atomic E-state index is 12.7. The Labute approximate surface area is 140 Å². The molecule has 2 saturated heterocycles. The van der Waals surface area contributed by atoms with Gasteiger partial charge in [-0.1, -0.05) is 23.2 Å².